The average Bonchev–Trinajstić information content (AvgIpc) is 2.97. The molecule has 0 atom stereocenters. The van der Waals surface area contributed by atoms with Crippen LogP contribution in [-0.2, 0) is 9.31 Å². The summed E-state index contributed by atoms with van der Waals surface area (Å²) >= 11 is 1.44. The highest BCUT2D eigenvalue weighted by atomic mass is 32.1. The van der Waals surface area contributed by atoms with E-state index in [0.717, 1.165) is 0 Å². The van der Waals surface area contributed by atoms with Crippen molar-refractivity contribution < 1.29 is 13.7 Å². The second-order valence-electron chi connectivity index (χ2n) is 5.82. The van der Waals surface area contributed by atoms with Gasteiger partial charge in [-0.3, -0.25) is 0 Å². The third kappa shape index (κ3) is 3.13. The average molecular weight is 309 g/mol. The number of hydrogen-bond acceptors (Lipinski definition) is 4. The van der Waals surface area contributed by atoms with Crippen LogP contribution < -0.4 is 0 Å². The molecule has 1 aliphatic heterocycles. The van der Waals surface area contributed by atoms with E-state index in [4.69, 9.17) is 14.8 Å². The molecule has 0 spiro atoms. The van der Waals surface area contributed by atoms with Gasteiger partial charge in [0.1, 0.15) is 5.73 Å². The van der Waals surface area contributed by atoms with Crippen molar-refractivity contribution >= 4 is 24.0 Å². The topological polar surface area (TPSA) is 67.2 Å². The van der Waals surface area contributed by atoms with E-state index in [1.54, 1.807) is 11.4 Å². The predicted molar refractivity (Wildman–Crippen MR) is 82.4 cm³/mol. The van der Waals surface area contributed by atoms with Crippen LogP contribution in [0.5, 0.6) is 0 Å². The Balaban J connectivity index is 2.37. The second-order valence-corrected chi connectivity index (χ2v) is 6.60. The van der Waals surface area contributed by atoms with Gasteiger partial charge in [-0.15, -0.1) is 0 Å². The van der Waals surface area contributed by atoms with Crippen molar-refractivity contribution in [3.8, 4) is 0 Å². The Hall–Kier alpha value is -1.34. The van der Waals surface area contributed by atoms with E-state index >= 15 is 0 Å². The number of azide groups is 1. The maximum Gasteiger partial charge on any atom is 0.525 e. The number of thiophene rings is 1. The molecule has 0 unspecified atom stereocenters. The smallest absolute Gasteiger partial charge is 0.398 e. The predicted octanol–water partition coefficient (Wildman–Crippen LogP) is 4.37. The summed E-state index contributed by atoms with van der Waals surface area (Å²) in [6.45, 7) is 7.36. The van der Waals surface area contributed by atoms with Gasteiger partial charge in [-0.05, 0) is 61.2 Å². The number of rotatable bonds is 4. The Bertz CT molecular complexity index is 579. The summed E-state index contributed by atoms with van der Waals surface area (Å²) in [6.07, 6.45) is 0. The van der Waals surface area contributed by atoms with Crippen LogP contribution in [0.2, 0.25) is 0 Å². The molecule has 1 aliphatic rings. The molecule has 0 bridgehead atoms. The lowest BCUT2D eigenvalue weighted by atomic mass is 9.83. The summed E-state index contributed by atoms with van der Waals surface area (Å²) in [4.78, 5) is 2.70. The molecule has 5 nitrogen and oxygen atoms in total. The van der Waals surface area contributed by atoms with Crippen molar-refractivity contribution in [2.24, 2.45) is 5.11 Å². The first-order chi connectivity index (χ1) is 9.78. The zero-order valence-electron chi connectivity index (χ0n) is 12.5. The van der Waals surface area contributed by atoms with Gasteiger partial charge in [0.25, 0.3) is 0 Å². The molecule has 112 valence electrons. The normalized spacial score (nSPS) is 20.9. The van der Waals surface area contributed by atoms with Crippen molar-refractivity contribution in [3.63, 3.8) is 0 Å². The highest BCUT2D eigenvalue weighted by Crippen LogP contribution is 2.40. The minimum absolute atomic E-state index is 0.0802. The van der Waals surface area contributed by atoms with E-state index in [2.05, 4.69) is 10.0 Å². The summed E-state index contributed by atoms with van der Waals surface area (Å²) in [5.74, 6) is 0. The maximum absolute atomic E-state index is 14.8. The number of nitrogens with zero attached hydrogens (tertiary/aromatic N) is 3. The number of hydrogen-bond donors (Lipinski definition) is 0. The summed E-state index contributed by atoms with van der Waals surface area (Å²) in [5, 5.41) is 7.10. The van der Waals surface area contributed by atoms with Crippen LogP contribution in [0.4, 0.5) is 4.39 Å². The van der Waals surface area contributed by atoms with Gasteiger partial charge in [0.15, 0.2) is 0 Å². The fourth-order valence-corrected chi connectivity index (χ4v) is 2.60. The molecule has 0 N–H and O–H groups in total. The van der Waals surface area contributed by atoms with E-state index in [1.165, 1.54) is 11.3 Å². The van der Waals surface area contributed by atoms with Gasteiger partial charge < -0.3 is 9.31 Å². The fraction of sp³-hybridized carbons (Fsp3) is 0.538. The van der Waals surface area contributed by atoms with Crippen LogP contribution in [0.15, 0.2) is 27.7 Å². The van der Waals surface area contributed by atoms with Crippen molar-refractivity contribution in [1.82, 2.24) is 0 Å². The van der Waals surface area contributed by atoms with Crippen LogP contribution in [-0.4, -0.2) is 24.9 Å². The van der Waals surface area contributed by atoms with Crippen molar-refractivity contribution in [3.05, 3.63) is 38.6 Å². The first-order valence-electron chi connectivity index (χ1n) is 6.56. The van der Waals surface area contributed by atoms with E-state index in [0.29, 0.717) is 11.1 Å². The molecule has 0 aliphatic carbocycles. The largest absolute Gasteiger partial charge is 0.525 e. The minimum atomic E-state index is -1.08. The van der Waals surface area contributed by atoms with Crippen LogP contribution in [0, 0.1) is 0 Å². The lowest BCUT2D eigenvalue weighted by Crippen LogP contribution is -2.41. The standard InChI is InChI=1S/C13H17BFN3O2S/c1-12(2)13(3,4)20-14(19-12)11(15)10(7-17-18-16)9-5-6-21-8-9/h5-6,8H,7H2,1-4H3. The van der Waals surface area contributed by atoms with Gasteiger partial charge in [-0.1, -0.05) is 5.11 Å². The fourth-order valence-electron chi connectivity index (χ4n) is 1.93. The molecule has 2 rings (SSSR count). The molecule has 1 saturated heterocycles. The van der Waals surface area contributed by atoms with Gasteiger partial charge in [-0.2, -0.15) is 11.3 Å². The summed E-state index contributed by atoms with van der Waals surface area (Å²) in [5.41, 5.74) is 7.68. The molecular weight excluding hydrogens is 292 g/mol. The lowest BCUT2D eigenvalue weighted by Gasteiger charge is -2.32. The molecule has 0 aromatic carbocycles. The molecule has 1 fully saturated rings. The second kappa shape index (κ2) is 5.81. The Kier molecular flexibility index (Phi) is 4.44. The lowest BCUT2D eigenvalue weighted by molar-refractivity contribution is 0.00578. The van der Waals surface area contributed by atoms with Crippen molar-refractivity contribution in [1.29, 1.82) is 0 Å². The third-order valence-corrected chi connectivity index (χ3v) is 4.59. The maximum atomic E-state index is 14.8. The van der Waals surface area contributed by atoms with E-state index in [9.17, 15) is 4.39 Å². The van der Waals surface area contributed by atoms with Crippen LogP contribution >= 0.6 is 11.3 Å². The Morgan fingerprint density at radius 3 is 2.48 bits per heavy atom. The third-order valence-electron chi connectivity index (χ3n) is 3.91. The molecule has 21 heavy (non-hydrogen) atoms. The molecule has 0 amide bonds. The highest BCUT2D eigenvalue weighted by Gasteiger charge is 2.53. The van der Waals surface area contributed by atoms with E-state index in [1.807, 2.05) is 33.1 Å². The molecule has 1 aromatic heterocycles. The molecule has 1 aromatic rings. The summed E-state index contributed by atoms with van der Waals surface area (Å²) < 4.78 is 26.2. The van der Waals surface area contributed by atoms with E-state index in [-0.39, 0.29) is 6.54 Å². The summed E-state index contributed by atoms with van der Waals surface area (Å²) in [7, 11) is -1.08. The monoisotopic (exact) mass is 309 g/mol. The molecule has 2 heterocycles. The molecular formula is C13H17BFN3O2S. The van der Waals surface area contributed by atoms with Crippen LogP contribution in [0.3, 0.4) is 0 Å². The van der Waals surface area contributed by atoms with Crippen LogP contribution in [0.1, 0.15) is 33.3 Å². The first kappa shape index (κ1) is 16.0. The SMILES string of the molecule is CC1(C)OB(C(F)=C(CN=[N+]=[N-])c2ccsc2)OC1(C)C. The van der Waals surface area contributed by atoms with Gasteiger partial charge in [0, 0.05) is 4.91 Å². The minimum Gasteiger partial charge on any atom is -0.398 e. The Morgan fingerprint density at radius 1 is 1.38 bits per heavy atom. The van der Waals surface area contributed by atoms with Gasteiger partial charge >= 0.3 is 7.12 Å². The van der Waals surface area contributed by atoms with E-state index < -0.39 is 24.0 Å². The summed E-state index contributed by atoms with van der Waals surface area (Å²) in [6, 6.07) is 1.78. The Morgan fingerprint density at radius 2 is 2.00 bits per heavy atom. The Labute approximate surface area is 127 Å². The quantitative estimate of drug-likeness (QED) is 0.359. The zero-order valence-corrected chi connectivity index (χ0v) is 13.3. The number of halogens is 1. The van der Waals surface area contributed by atoms with Gasteiger partial charge in [0.2, 0.25) is 0 Å². The first-order valence-corrected chi connectivity index (χ1v) is 7.50. The van der Waals surface area contributed by atoms with Crippen molar-refractivity contribution in [2.45, 2.75) is 38.9 Å². The van der Waals surface area contributed by atoms with Crippen LogP contribution in [0.25, 0.3) is 16.0 Å². The van der Waals surface area contributed by atoms with Gasteiger partial charge in [0.05, 0.1) is 17.7 Å². The van der Waals surface area contributed by atoms with Crippen molar-refractivity contribution in [2.75, 3.05) is 6.54 Å². The highest BCUT2D eigenvalue weighted by molar-refractivity contribution is 7.08. The molecule has 0 radical (unpaired) electrons. The van der Waals surface area contributed by atoms with Gasteiger partial charge in [-0.25, -0.2) is 4.39 Å². The zero-order chi connectivity index (χ0) is 15.7. The molecule has 0 saturated carbocycles. The molecule has 8 heteroatoms.